The summed E-state index contributed by atoms with van der Waals surface area (Å²) in [5.41, 5.74) is 2.25. The van der Waals surface area contributed by atoms with Crippen LogP contribution in [-0.2, 0) is 9.59 Å². The molecule has 0 atom stereocenters. The monoisotopic (exact) mass is 439 g/mol. The standard InChI is InChI=1S/C25H33N3O4/c1-4-6-16-32-22-13-9-20(10-14-22)25(31)28(15-5-2)18-24(30)26-17-23(29)27-21-11-7-19(3)8-12-21/h7-14H,4-6,15-18H2,1-3H3,(H,26,30)(H,27,29). The molecule has 0 heterocycles. The number of aryl methyl sites for hydroxylation is 1. The van der Waals surface area contributed by atoms with E-state index >= 15 is 0 Å². The van der Waals surface area contributed by atoms with Crippen molar-refractivity contribution in [3.63, 3.8) is 0 Å². The van der Waals surface area contributed by atoms with Gasteiger partial charge >= 0.3 is 0 Å². The van der Waals surface area contributed by atoms with Crippen LogP contribution in [0.15, 0.2) is 48.5 Å². The number of unbranched alkanes of at least 4 members (excludes halogenated alkanes) is 1. The van der Waals surface area contributed by atoms with Gasteiger partial charge < -0.3 is 20.3 Å². The Bertz CT molecular complexity index is 879. The summed E-state index contributed by atoms with van der Waals surface area (Å²) in [6.45, 7) is 6.81. The number of rotatable bonds is 12. The molecule has 0 fully saturated rings. The molecule has 7 nitrogen and oxygen atoms in total. The molecule has 2 aromatic carbocycles. The molecule has 2 aromatic rings. The normalized spacial score (nSPS) is 10.3. The molecule has 0 unspecified atom stereocenters. The number of nitrogens with one attached hydrogen (secondary N) is 2. The third-order valence-corrected chi connectivity index (χ3v) is 4.76. The second kappa shape index (κ2) is 13.1. The molecule has 3 amide bonds. The Hall–Kier alpha value is -3.35. The van der Waals surface area contributed by atoms with Crippen molar-refractivity contribution in [3.05, 3.63) is 59.7 Å². The van der Waals surface area contributed by atoms with Crippen LogP contribution in [-0.4, -0.2) is 48.9 Å². The van der Waals surface area contributed by atoms with Crippen LogP contribution < -0.4 is 15.4 Å². The highest BCUT2D eigenvalue weighted by Crippen LogP contribution is 2.14. The summed E-state index contributed by atoms with van der Waals surface area (Å²) in [4.78, 5) is 38.8. The fraction of sp³-hybridized carbons (Fsp3) is 0.400. The van der Waals surface area contributed by atoms with E-state index in [0.717, 1.165) is 24.2 Å². The van der Waals surface area contributed by atoms with Crippen molar-refractivity contribution < 1.29 is 19.1 Å². The molecule has 0 aromatic heterocycles. The van der Waals surface area contributed by atoms with E-state index in [9.17, 15) is 14.4 Å². The summed E-state index contributed by atoms with van der Waals surface area (Å²) >= 11 is 0. The number of benzene rings is 2. The molecular formula is C25H33N3O4. The van der Waals surface area contributed by atoms with Gasteiger partial charge in [-0.05, 0) is 56.2 Å². The summed E-state index contributed by atoms with van der Waals surface area (Å²) in [6.07, 6.45) is 2.74. The molecule has 2 N–H and O–H groups in total. The van der Waals surface area contributed by atoms with E-state index in [4.69, 9.17) is 4.74 Å². The zero-order valence-corrected chi connectivity index (χ0v) is 19.1. The first kappa shape index (κ1) is 24.9. The van der Waals surface area contributed by atoms with Crippen molar-refractivity contribution in [2.45, 2.75) is 40.0 Å². The topological polar surface area (TPSA) is 87.7 Å². The van der Waals surface area contributed by atoms with E-state index < -0.39 is 0 Å². The highest BCUT2D eigenvalue weighted by atomic mass is 16.5. The average molecular weight is 440 g/mol. The molecule has 0 saturated heterocycles. The number of hydrogen-bond acceptors (Lipinski definition) is 4. The van der Waals surface area contributed by atoms with Crippen LogP contribution in [0.4, 0.5) is 5.69 Å². The van der Waals surface area contributed by atoms with Crippen LogP contribution in [0, 0.1) is 6.92 Å². The SMILES string of the molecule is CCCCOc1ccc(C(=O)N(CCC)CC(=O)NCC(=O)Nc2ccc(C)cc2)cc1. The Morgan fingerprint density at radius 1 is 0.906 bits per heavy atom. The lowest BCUT2D eigenvalue weighted by Gasteiger charge is -2.22. The van der Waals surface area contributed by atoms with E-state index in [0.29, 0.717) is 30.8 Å². The third-order valence-electron chi connectivity index (χ3n) is 4.76. The molecule has 0 spiro atoms. The number of carbonyl (C=O) groups excluding carboxylic acids is 3. The molecule has 32 heavy (non-hydrogen) atoms. The summed E-state index contributed by atoms with van der Waals surface area (Å²) < 4.78 is 5.63. The predicted octanol–water partition coefficient (Wildman–Crippen LogP) is 3.78. The fourth-order valence-corrected chi connectivity index (χ4v) is 2.98. The van der Waals surface area contributed by atoms with Gasteiger partial charge in [0.1, 0.15) is 5.75 Å². The fourth-order valence-electron chi connectivity index (χ4n) is 2.98. The minimum atomic E-state index is -0.384. The van der Waals surface area contributed by atoms with E-state index in [1.54, 1.807) is 36.4 Å². The van der Waals surface area contributed by atoms with Crippen LogP contribution in [0.5, 0.6) is 5.75 Å². The summed E-state index contributed by atoms with van der Waals surface area (Å²) in [7, 11) is 0. The Morgan fingerprint density at radius 3 is 2.22 bits per heavy atom. The molecule has 2 rings (SSSR count). The van der Waals surface area contributed by atoms with Crippen LogP contribution >= 0.6 is 0 Å². The van der Waals surface area contributed by atoms with Gasteiger partial charge in [-0.1, -0.05) is 38.0 Å². The van der Waals surface area contributed by atoms with Gasteiger partial charge in [0.05, 0.1) is 19.7 Å². The second-order valence-electron chi connectivity index (χ2n) is 7.64. The molecular weight excluding hydrogens is 406 g/mol. The van der Waals surface area contributed by atoms with E-state index in [2.05, 4.69) is 17.6 Å². The average Bonchev–Trinajstić information content (AvgIpc) is 2.79. The molecule has 0 aliphatic carbocycles. The lowest BCUT2D eigenvalue weighted by atomic mass is 10.2. The van der Waals surface area contributed by atoms with Gasteiger partial charge in [-0.25, -0.2) is 0 Å². The third kappa shape index (κ3) is 8.41. The van der Waals surface area contributed by atoms with Crippen LogP contribution in [0.2, 0.25) is 0 Å². The number of carbonyl (C=O) groups is 3. The van der Waals surface area contributed by atoms with Gasteiger partial charge in [0.15, 0.2) is 0 Å². The van der Waals surface area contributed by atoms with Crippen molar-refractivity contribution in [2.75, 3.05) is 31.6 Å². The second-order valence-corrected chi connectivity index (χ2v) is 7.64. The predicted molar refractivity (Wildman–Crippen MR) is 126 cm³/mol. The largest absolute Gasteiger partial charge is 0.494 e. The summed E-state index contributed by atoms with van der Waals surface area (Å²) in [5, 5.41) is 5.31. The number of nitrogens with zero attached hydrogens (tertiary/aromatic N) is 1. The highest BCUT2D eigenvalue weighted by molar-refractivity contribution is 5.98. The lowest BCUT2D eigenvalue weighted by molar-refractivity contribution is -0.124. The molecule has 0 saturated carbocycles. The molecule has 0 radical (unpaired) electrons. The number of anilines is 1. The highest BCUT2D eigenvalue weighted by Gasteiger charge is 2.18. The molecule has 172 valence electrons. The summed E-state index contributed by atoms with van der Waals surface area (Å²) in [5.74, 6) is -0.222. The quantitative estimate of drug-likeness (QED) is 0.493. The molecule has 0 bridgehead atoms. The first-order chi connectivity index (χ1) is 15.4. The first-order valence-corrected chi connectivity index (χ1v) is 11.1. The van der Waals surface area contributed by atoms with Crippen molar-refractivity contribution in [3.8, 4) is 5.75 Å². The smallest absolute Gasteiger partial charge is 0.254 e. The van der Waals surface area contributed by atoms with E-state index in [1.165, 1.54) is 4.90 Å². The van der Waals surface area contributed by atoms with Gasteiger partial charge in [0, 0.05) is 17.8 Å². The Balaban J connectivity index is 1.86. The van der Waals surface area contributed by atoms with Gasteiger partial charge in [0.25, 0.3) is 5.91 Å². The zero-order valence-electron chi connectivity index (χ0n) is 19.1. The molecule has 0 aliphatic rings. The van der Waals surface area contributed by atoms with Crippen molar-refractivity contribution in [1.82, 2.24) is 10.2 Å². The number of hydrogen-bond donors (Lipinski definition) is 2. The maximum atomic E-state index is 12.9. The van der Waals surface area contributed by atoms with Crippen LogP contribution in [0.25, 0.3) is 0 Å². The van der Waals surface area contributed by atoms with E-state index in [-0.39, 0.29) is 30.8 Å². The van der Waals surface area contributed by atoms with Crippen molar-refractivity contribution >= 4 is 23.4 Å². The minimum Gasteiger partial charge on any atom is -0.494 e. The van der Waals surface area contributed by atoms with Gasteiger partial charge in [-0.15, -0.1) is 0 Å². The van der Waals surface area contributed by atoms with Crippen molar-refractivity contribution in [2.24, 2.45) is 0 Å². The van der Waals surface area contributed by atoms with Crippen LogP contribution in [0.3, 0.4) is 0 Å². The maximum Gasteiger partial charge on any atom is 0.254 e. The number of amides is 3. The Kier molecular flexibility index (Phi) is 10.2. The zero-order chi connectivity index (χ0) is 23.3. The summed E-state index contributed by atoms with van der Waals surface area (Å²) in [6, 6.07) is 14.3. The number of ether oxygens (including phenoxy) is 1. The Labute approximate surface area is 190 Å². The molecule has 0 aliphatic heterocycles. The van der Waals surface area contributed by atoms with Gasteiger partial charge in [0.2, 0.25) is 11.8 Å². The molecule has 7 heteroatoms. The first-order valence-electron chi connectivity index (χ1n) is 11.1. The van der Waals surface area contributed by atoms with Gasteiger partial charge in [-0.3, -0.25) is 14.4 Å². The van der Waals surface area contributed by atoms with Gasteiger partial charge in [-0.2, -0.15) is 0 Å². The van der Waals surface area contributed by atoms with Crippen molar-refractivity contribution in [1.29, 1.82) is 0 Å². The van der Waals surface area contributed by atoms with Crippen LogP contribution in [0.1, 0.15) is 49.0 Å². The maximum absolute atomic E-state index is 12.9. The lowest BCUT2D eigenvalue weighted by Crippen LogP contribution is -2.43. The minimum absolute atomic E-state index is 0.112. The van der Waals surface area contributed by atoms with E-state index in [1.807, 2.05) is 26.0 Å². The Morgan fingerprint density at radius 2 is 1.59 bits per heavy atom.